The van der Waals surface area contributed by atoms with E-state index in [0.29, 0.717) is 66.4 Å². The molecule has 0 radical (unpaired) electrons. The lowest BCUT2D eigenvalue weighted by Gasteiger charge is -2.37. The zero-order chi connectivity index (χ0) is 31.2. The quantitative estimate of drug-likeness (QED) is 0.331. The van der Waals surface area contributed by atoms with Crippen LogP contribution in [0.25, 0.3) is 0 Å². The Morgan fingerprint density at radius 3 is 2.59 bits per heavy atom. The summed E-state index contributed by atoms with van der Waals surface area (Å²) in [7, 11) is 2.91. The number of hydrogen-bond donors (Lipinski definition) is 0. The van der Waals surface area contributed by atoms with E-state index in [2.05, 4.69) is 0 Å². The molecule has 232 valence electrons. The van der Waals surface area contributed by atoms with Crippen LogP contribution in [0.5, 0.6) is 11.5 Å². The van der Waals surface area contributed by atoms with Gasteiger partial charge in [0.2, 0.25) is 5.91 Å². The molecule has 5 rings (SSSR count). The number of esters is 2. The van der Waals surface area contributed by atoms with Gasteiger partial charge in [0, 0.05) is 18.8 Å². The third kappa shape index (κ3) is 6.62. The largest absolute Gasteiger partial charge is 0.493 e. The smallest absolute Gasteiger partial charge is 0.338 e. The average Bonchev–Trinajstić information content (AvgIpc) is 3.44. The van der Waals surface area contributed by atoms with Crippen molar-refractivity contribution >= 4 is 34.8 Å². The fraction of sp³-hybridized carbons (Fsp3) is 0.394. The Hall–Kier alpha value is -4.25. The Morgan fingerprint density at radius 2 is 1.86 bits per heavy atom. The van der Waals surface area contributed by atoms with Gasteiger partial charge in [0.25, 0.3) is 0 Å². The summed E-state index contributed by atoms with van der Waals surface area (Å²) in [6, 6.07) is 14.8. The number of carbonyl (C=O) groups excluding carboxylic acids is 3. The number of amidine groups is 1. The van der Waals surface area contributed by atoms with Crippen molar-refractivity contribution in [3.05, 3.63) is 82.0 Å². The second-order valence-electron chi connectivity index (χ2n) is 10.7. The molecule has 10 nitrogen and oxygen atoms in total. The number of amides is 1. The number of allylic oxidation sites excluding steroid dienone is 1. The third-order valence-electron chi connectivity index (χ3n) is 7.87. The lowest BCUT2D eigenvalue weighted by molar-refractivity contribution is -0.151. The first-order chi connectivity index (χ1) is 21.3. The number of hydrogen-bond acceptors (Lipinski definition) is 10. The highest BCUT2D eigenvalue weighted by molar-refractivity contribution is 8.16. The maximum Gasteiger partial charge on any atom is 0.338 e. The minimum absolute atomic E-state index is 0.0843. The first-order valence-electron chi connectivity index (χ1n) is 14.7. The number of piperidine rings is 1. The fourth-order valence-corrected chi connectivity index (χ4v) is 6.65. The van der Waals surface area contributed by atoms with E-state index in [9.17, 15) is 14.4 Å². The highest BCUT2D eigenvalue weighted by atomic mass is 32.2. The SMILES string of the molecule is CCOC(=O)[C@H]1CCCN(C(=O)CC2=CSC3=NC(C)=C(C(=O)OC)[C@@H](c4ccc(OCc5ccccc5)c(OC)c4)N23)C1. The van der Waals surface area contributed by atoms with Crippen molar-refractivity contribution in [2.45, 2.75) is 45.8 Å². The van der Waals surface area contributed by atoms with Crippen LogP contribution < -0.4 is 9.47 Å². The van der Waals surface area contributed by atoms with Gasteiger partial charge in [0.1, 0.15) is 6.61 Å². The summed E-state index contributed by atoms with van der Waals surface area (Å²) in [6.07, 6.45) is 1.52. The summed E-state index contributed by atoms with van der Waals surface area (Å²) in [5.41, 5.74) is 3.39. The van der Waals surface area contributed by atoms with E-state index in [0.717, 1.165) is 17.5 Å². The summed E-state index contributed by atoms with van der Waals surface area (Å²) in [4.78, 5) is 47.5. The Morgan fingerprint density at radius 1 is 1.07 bits per heavy atom. The molecule has 0 aliphatic carbocycles. The minimum Gasteiger partial charge on any atom is -0.493 e. The summed E-state index contributed by atoms with van der Waals surface area (Å²) >= 11 is 1.40. The van der Waals surface area contributed by atoms with Gasteiger partial charge in [-0.3, -0.25) is 9.59 Å². The van der Waals surface area contributed by atoms with Crippen LogP contribution in [-0.2, 0) is 30.5 Å². The molecule has 1 fully saturated rings. The van der Waals surface area contributed by atoms with Crippen molar-refractivity contribution in [3.63, 3.8) is 0 Å². The predicted octanol–water partition coefficient (Wildman–Crippen LogP) is 5.21. The molecule has 44 heavy (non-hydrogen) atoms. The summed E-state index contributed by atoms with van der Waals surface area (Å²) < 4.78 is 22.2. The van der Waals surface area contributed by atoms with Crippen molar-refractivity contribution in [1.29, 1.82) is 0 Å². The maximum atomic E-state index is 13.6. The molecule has 3 aliphatic heterocycles. The summed E-state index contributed by atoms with van der Waals surface area (Å²) in [6.45, 7) is 5.15. The van der Waals surface area contributed by atoms with Gasteiger partial charge in [-0.1, -0.05) is 48.2 Å². The van der Waals surface area contributed by atoms with Gasteiger partial charge in [-0.2, -0.15) is 0 Å². The summed E-state index contributed by atoms with van der Waals surface area (Å²) in [5.74, 6) is -0.122. The Labute approximate surface area is 261 Å². The number of carbonyl (C=O) groups is 3. The summed E-state index contributed by atoms with van der Waals surface area (Å²) in [5, 5.41) is 2.56. The molecule has 0 N–H and O–H groups in total. The van der Waals surface area contributed by atoms with Crippen LogP contribution in [0.1, 0.15) is 50.3 Å². The van der Waals surface area contributed by atoms with E-state index in [1.54, 1.807) is 25.9 Å². The van der Waals surface area contributed by atoms with Crippen LogP contribution in [0.15, 0.2) is 75.9 Å². The number of rotatable bonds is 10. The molecule has 0 unspecified atom stereocenters. The van der Waals surface area contributed by atoms with E-state index in [-0.39, 0.29) is 24.2 Å². The van der Waals surface area contributed by atoms with Crippen LogP contribution in [0.4, 0.5) is 0 Å². The Balaban J connectivity index is 1.42. The van der Waals surface area contributed by atoms with Crippen molar-refractivity contribution in [3.8, 4) is 11.5 Å². The minimum atomic E-state index is -0.616. The van der Waals surface area contributed by atoms with Crippen molar-refractivity contribution < 1.29 is 33.3 Å². The van der Waals surface area contributed by atoms with E-state index in [1.165, 1.54) is 18.9 Å². The number of ether oxygens (including phenoxy) is 4. The van der Waals surface area contributed by atoms with Gasteiger partial charge in [0.15, 0.2) is 16.7 Å². The topological polar surface area (TPSA) is 107 Å². The van der Waals surface area contributed by atoms with E-state index < -0.39 is 12.0 Å². The average molecular weight is 620 g/mol. The number of thioether (sulfide) groups is 1. The molecule has 3 aliphatic rings. The van der Waals surface area contributed by atoms with Crippen LogP contribution in [0, 0.1) is 5.92 Å². The molecule has 2 aromatic carbocycles. The molecule has 3 heterocycles. The molecule has 2 aromatic rings. The molecule has 0 bridgehead atoms. The van der Waals surface area contributed by atoms with Crippen LogP contribution in [-0.4, -0.2) is 66.7 Å². The molecular weight excluding hydrogens is 582 g/mol. The van der Waals surface area contributed by atoms with Gasteiger partial charge in [-0.05, 0) is 55.4 Å². The normalized spacial score (nSPS) is 19.5. The highest BCUT2D eigenvalue weighted by Gasteiger charge is 2.42. The molecular formula is C33H37N3O7S. The zero-order valence-electron chi connectivity index (χ0n) is 25.4. The predicted molar refractivity (Wildman–Crippen MR) is 167 cm³/mol. The van der Waals surface area contributed by atoms with Crippen LogP contribution >= 0.6 is 11.8 Å². The molecule has 2 atom stereocenters. The number of fused-ring (bicyclic) bond motifs is 1. The van der Waals surface area contributed by atoms with Crippen molar-refractivity contribution in [2.24, 2.45) is 10.9 Å². The number of methoxy groups -OCH3 is 2. The molecule has 1 amide bonds. The van der Waals surface area contributed by atoms with E-state index >= 15 is 0 Å². The number of aliphatic imine (C=N–C) groups is 1. The number of benzene rings is 2. The first-order valence-corrected chi connectivity index (χ1v) is 15.5. The van der Waals surface area contributed by atoms with Gasteiger partial charge < -0.3 is 28.7 Å². The molecule has 0 spiro atoms. The molecule has 0 aromatic heterocycles. The van der Waals surface area contributed by atoms with E-state index in [1.807, 2.05) is 58.8 Å². The zero-order valence-corrected chi connectivity index (χ0v) is 26.2. The maximum absolute atomic E-state index is 13.6. The Kier molecular flexibility index (Phi) is 9.94. The standard InChI is InChI=1S/C33H37N3O7S/c1-5-42-31(38)24-12-9-15-35(18-24)28(37)17-25-20-44-33-34-21(2)29(32(39)41-4)30(36(25)33)23-13-14-26(27(16-23)40-3)43-19-22-10-7-6-8-11-22/h6-8,10-11,13-14,16,20,24,30H,5,9,12,15,17-19H2,1-4H3/t24-,30+/m0/s1. The van der Waals surface area contributed by atoms with Gasteiger partial charge >= 0.3 is 11.9 Å². The van der Waals surface area contributed by atoms with Crippen LogP contribution in [0.3, 0.4) is 0 Å². The van der Waals surface area contributed by atoms with Gasteiger partial charge in [-0.25, -0.2) is 9.79 Å². The Bertz CT molecular complexity index is 1500. The fourth-order valence-electron chi connectivity index (χ4n) is 5.69. The van der Waals surface area contributed by atoms with Crippen molar-refractivity contribution in [2.75, 3.05) is 33.9 Å². The monoisotopic (exact) mass is 619 g/mol. The first kappa shape index (κ1) is 31.2. The third-order valence-corrected chi connectivity index (χ3v) is 8.76. The second-order valence-corrected chi connectivity index (χ2v) is 11.5. The molecule has 0 saturated carbocycles. The van der Waals surface area contributed by atoms with Crippen molar-refractivity contribution in [1.82, 2.24) is 9.80 Å². The molecule has 11 heteroatoms. The molecule has 1 saturated heterocycles. The highest BCUT2D eigenvalue weighted by Crippen LogP contribution is 2.46. The number of nitrogens with zero attached hydrogens (tertiary/aromatic N) is 3. The number of likely N-dealkylation sites (tertiary alicyclic amines) is 1. The lowest BCUT2D eigenvalue weighted by atomic mass is 9.93. The van der Waals surface area contributed by atoms with Gasteiger partial charge in [0.05, 0.1) is 50.5 Å². The van der Waals surface area contributed by atoms with Gasteiger partial charge in [-0.15, -0.1) is 0 Å². The van der Waals surface area contributed by atoms with E-state index in [4.69, 9.17) is 23.9 Å². The van der Waals surface area contributed by atoms with Crippen LogP contribution in [0.2, 0.25) is 0 Å². The second kappa shape index (κ2) is 14.0. The lowest BCUT2D eigenvalue weighted by Crippen LogP contribution is -2.44.